The fourth-order valence-electron chi connectivity index (χ4n) is 2.15. The lowest BCUT2D eigenvalue weighted by Gasteiger charge is -2.29. The molecule has 3 nitrogen and oxygen atoms in total. The molecule has 0 saturated heterocycles. The molecule has 0 aromatic heterocycles. The molecule has 0 unspecified atom stereocenters. The Hall–Kier alpha value is -0.640. The van der Waals surface area contributed by atoms with Gasteiger partial charge in [0.1, 0.15) is 5.60 Å². The number of ether oxygens (including phenoxy) is 2. The number of carbonyl (C=O) groups excluding carboxylic acids is 1. The summed E-state index contributed by atoms with van der Waals surface area (Å²) in [5.41, 5.74) is -0.411. The van der Waals surface area contributed by atoms with Gasteiger partial charge in [-0.1, -0.05) is 0 Å². The molecular weight excluding hydrogens is 235 g/mol. The fraction of sp³-hybridized carbons (Fsp3) is 0.929. The molecule has 0 amide bonds. The predicted molar refractivity (Wildman–Crippen MR) is 68.1 cm³/mol. The van der Waals surface area contributed by atoms with Crippen LogP contribution < -0.4 is 0 Å². The molecule has 0 N–H and O–H groups in total. The molecule has 0 aliphatic heterocycles. The van der Waals surface area contributed by atoms with Crippen LogP contribution in [0.3, 0.4) is 0 Å². The smallest absolute Gasteiger partial charge is 0.309 e. The lowest BCUT2D eigenvalue weighted by Crippen LogP contribution is -2.32. The van der Waals surface area contributed by atoms with Crippen LogP contribution in [-0.2, 0) is 14.3 Å². The highest BCUT2D eigenvalue weighted by Crippen LogP contribution is 2.28. The van der Waals surface area contributed by atoms with Crippen molar-refractivity contribution in [3.8, 4) is 0 Å². The van der Waals surface area contributed by atoms with Gasteiger partial charge in [0.25, 0.3) is 0 Å². The van der Waals surface area contributed by atoms with Crippen molar-refractivity contribution in [1.29, 1.82) is 0 Å². The second-order valence-corrected chi connectivity index (χ2v) is 5.92. The lowest BCUT2D eigenvalue weighted by molar-refractivity contribution is -0.162. The first-order valence-electron chi connectivity index (χ1n) is 6.83. The number of halogens is 1. The summed E-state index contributed by atoms with van der Waals surface area (Å²) in [5, 5.41) is 0. The molecule has 1 fully saturated rings. The van der Waals surface area contributed by atoms with Crippen LogP contribution in [0.2, 0.25) is 0 Å². The quantitative estimate of drug-likeness (QED) is 0.562. The van der Waals surface area contributed by atoms with Gasteiger partial charge in [-0.15, -0.1) is 0 Å². The average molecular weight is 260 g/mol. The average Bonchev–Trinajstić information content (AvgIpc) is 2.28. The van der Waals surface area contributed by atoms with Crippen LogP contribution in [0.1, 0.15) is 52.9 Å². The van der Waals surface area contributed by atoms with Crippen LogP contribution >= 0.6 is 0 Å². The Morgan fingerprint density at radius 3 is 2.33 bits per heavy atom. The van der Waals surface area contributed by atoms with E-state index >= 15 is 0 Å². The van der Waals surface area contributed by atoms with Crippen LogP contribution in [-0.4, -0.2) is 31.0 Å². The van der Waals surface area contributed by atoms with Gasteiger partial charge in [0, 0.05) is 6.61 Å². The summed E-state index contributed by atoms with van der Waals surface area (Å²) in [7, 11) is 0. The largest absolute Gasteiger partial charge is 0.460 e. The highest BCUT2D eigenvalue weighted by Gasteiger charge is 2.30. The molecular formula is C14H25FO3. The van der Waals surface area contributed by atoms with Crippen LogP contribution in [0.5, 0.6) is 0 Å². The summed E-state index contributed by atoms with van der Waals surface area (Å²) >= 11 is 0. The second-order valence-electron chi connectivity index (χ2n) is 5.92. The Balaban J connectivity index is 2.24. The molecule has 0 bridgehead atoms. The Morgan fingerprint density at radius 1 is 1.22 bits per heavy atom. The summed E-state index contributed by atoms with van der Waals surface area (Å²) in [4.78, 5) is 11.9. The van der Waals surface area contributed by atoms with Gasteiger partial charge in [0.15, 0.2) is 0 Å². The molecule has 0 atom stereocenters. The first-order valence-corrected chi connectivity index (χ1v) is 6.83. The molecule has 106 valence electrons. The van der Waals surface area contributed by atoms with E-state index in [1.807, 2.05) is 20.8 Å². The van der Waals surface area contributed by atoms with E-state index in [0.717, 1.165) is 25.7 Å². The van der Waals surface area contributed by atoms with Gasteiger partial charge in [0.05, 0.1) is 18.7 Å². The lowest BCUT2D eigenvalue weighted by atomic mass is 9.87. The normalized spacial score (nSPS) is 24.9. The summed E-state index contributed by atoms with van der Waals surface area (Å²) in [6.45, 7) is 5.81. The highest BCUT2D eigenvalue weighted by molar-refractivity contribution is 5.72. The minimum absolute atomic E-state index is 0.00486. The molecule has 1 aliphatic carbocycles. The van der Waals surface area contributed by atoms with E-state index in [0.29, 0.717) is 13.0 Å². The zero-order valence-corrected chi connectivity index (χ0v) is 11.7. The zero-order valence-electron chi connectivity index (χ0n) is 11.7. The van der Waals surface area contributed by atoms with Gasteiger partial charge in [0.2, 0.25) is 0 Å². The number of rotatable bonds is 5. The zero-order chi connectivity index (χ0) is 13.6. The minimum Gasteiger partial charge on any atom is -0.460 e. The topological polar surface area (TPSA) is 35.5 Å². The first-order chi connectivity index (χ1) is 8.42. The summed E-state index contributed by atoms with van der Waals surface area (Å²) in [6, 6.07) is 0. The molecule has 1 saturated carbocycles. The Kier molecular flexibility index (Phi) is 6.06. The van der Waals surface area contributed by atoms with Crippen molar-refractivity contribution in [1.82, 2.24) is 0 Å². The van der Waals surface area contributed by atoms with Crippen molar-refractivity contribution in [2.75, 3.05) is 13.3 Å². The van der Waals surface area contributed by atoms with E-state index in [-0.39, 0.29) is 24.7 Å². The number of esters is 1. The van der Waals surface area contributed by atoms with Crippen molar-refractivity contribution in [3.63, 3.8) is 0 Å². The molecule has 0 spiro atoms. The van der Waals surface area contributed by atoms with Crippen LogP contribution in [0, 0.1) is 5.92 Å². The van der Waals surface area contributed by atoms with Gasteiger partial charge in [-0.3, -0.25) is 9.18 Å². The van der Waals surface area contributed by atoms with E-state index in [1.165, 1.54) is 0 Å². The van der Waals surface area contributed by atoms with Crippen LogP contribution in [0.15, 0.2) is 0 Å². The van der Waals surface area contributed by atoms with E-state index < -0.39 is 5.60 Å². The Labute approximate surface area is 109 Å². The predicted octanol–water partition coefficient (Wildman–Crippen LogP) is 3.26. The third-order valence-electron chi connectivity index (χ3n) is 3.05. The number of alkyl halides is 1. The monoisotopic (exact) mass is 260 g/mol. The molecule has 18 heavy (non-hydrogen) atoms. The molecule has 0 aromatic rings. The second kappa shape index (κ2) is 7.07. The number of hydrogen-bond acceptors (Lipinski definition) is 3. The standard InChI is InChI=1S/C14H25FO3/c1-14(2,3)18-13(16)11-5-7-12(8-6-11)17-10-4-9-15/h11-12H,4-10H2,1-3H3. The van der Waals surface area contributed by atoms with E-state index in [2.05, 4.69) is 0 Å². The summed E-state index contributed by atoms with van der Waals surface area (Å²) in [5.74, 6) is -0.0880. The van der Waals surface area contributed by atoms with Crippen molar-refractivity contribution in [2.24, 2.45) is 5.92 Å². The van der Waals surface area contributed by atoms with Gasteiger partial charge in [-0.2, -0.15) is 0 Å². The highest BCUT2D eigenvalue weighted by atomic mass is 19.1. The maximum Gasteiger partial charge on any atom is 0.309 e. The maximum atomic E-state index is 11.9. The Morgan fingerprint density at radius 2 is 1.83 bits per heavy atom. The third-order valence-corrected chi connectivity index (χ3v) is 3.05. The van der Waals surface area contributed by atoms with Gasteiger partial charge in [-0.25, -0.2) is 0 Å². The third kappa shape index (κ3) is 5.80. The van der Waals surface area contributed by atoms with Crippen molar-refractivity contribution in [2.45, 2.75) is 64.6 Å². The molecule has 0 aromatic carbocycles. The Bertz CT molecular complexity index is 252. The number of hydrogen-bond donors (Lipinski definition) is 0. The molecule has 0 heterocycles. The van der Waals surface area contributed by atoms with Gasteiger partial charge < -0.3 is 9.47 Å². The van der Waals surface area contributed by atoms with E-state index in [4.69, 9.17) is 9.47 Å². The van der Waals surface area contributed by atoms with Crippen LogP contribution in [0.4, 0.5) is 4.39 Å². The van der Waals surface area contributed by atoms with E-state index in [9.17, 15) is 9.18 Å². The van der Waals surface area contributed by atoms with Crippen LogP contribution in [0.25, 0.3) is 0 Å². The fourth-order valence-corrected chi connectivity index (χ4v) is 2.15. The minimum atomic E-state index is -0.411. The first kappa shape index (κ1) is 15.4. The van der Waals surface area contributed by atoms with Crippen molar-refractivity contribution < 1.29 is 18.7 Å². The van der Waals surface area contributed by atoms with Gasteiger partial charge in [-0.05, 0) is 52.9 Å². The van der Waals surface area contributed by atoms with Crippen molar-refractivity contribution in [3.05, 3.63) is 0 Å². The molecule has 0 radical (unpaired) electrons. The number of carbonyl (C=O) groups is 1. The molecule has 4 heteroatoms. The van der Waals surface area contributed by atoms with Gasteiger partial charge >= 0.3 is 5.97 Å². The SMILES string of the molecule is CC(C)(C)OC(=O)C1CCC(OCCCF)CC1. The molecule has 1 rings (SSSR count). The van der Waals surface area contributed by atoms with Crippen molar-refractivity contribution >= 4 is 5.97 Å². The van der Waals surface area contributed by atoms with E-state index in [1.54, 1.807) is 0 Å². The maximum absolute atomic E-state index is 11.9. The summed E-state index contributed by atoms with van der Waals surface area (Å²) < 4.78 is 22.9. The molecule has 1 aliphatic rings. The summed E-state index contributed by atoms with van der Waals surface area (Å²) in [6.07, 6.45) is 4.03.